The van der Waals surface area contributed by atoms with E-state index in [0.717, 1.165) is 75.4 Å². The number of carboxylic acids is 1. The molecule has 0 radical (unpaired) electrons. The van der Waals surface area contributed by atoms with E-state index in [2.05, 4.69) is 11.3 Å². The molecule has 20 atom stereocenters. The van der Waals surface area contributed by atoms with Gasteiger partial charge in [0, 0.05) is 36.3 Å². The molecule has 4 amide bonds. The highest BCUT2D eigenvalue weighted by atomic mass is 35.5. The number of carbonyl (C=O) groups excluding carboxylic acids is 7. The van der Waals surface area contributed by atoms with E-state index >= 15 is 4.79 Å². The monoisotopic (exact) mass is 1750 g/mol. The molecular weight excluding hydrogens is 1620 g/mol. The Balaban J connectivity index is 0.000000187. The number of nitrogens with zero attached hydrogens (tertiary/aromatic N) is 6. The van der Waals surface area contributed by atoms with Crippen molar-refractivity contribution in [3.05, 3.63) is 60.4 Å². The summed E-state index contributed by atoms with van der Waals surface area (Å²) in [4.78, 5) is 132. The number of esters is 2. The van der Waals surface area contributed by atoms with Gasteiger partial charge in [-0.1, -0.05) is 94.6 Å². The van der Waals surface area contributed by atoms with E-state index in [1.165, 1.54) is 29.6 Å². The number of alkyl halides is 2. The molecule has 6 heterocycles. The van der Waals surface area contributed by atoms with Gasteiger partial charge in [0.05, 0.1) is 95.5 Å². The number of allylic oxidation sites excluding steroid dienone is 1. The second-order valence-electron chi connectivity index (χ2n) is 38.6. The van der Waals surface area contributed by atoms with Gasteiger partial charge in [0.2, 0.25) is 56.0 Å². The van der Waals surface area contributed by atoms with Crippen LogP contribution in [-0.4, -0.2) is 185 Å². The fraction of sp³-hybridized carbons (Fsp3) is 0.705. The summed E-state index contributed by atoms with van der Waals surface area (Å²) in [6.07, 6.45) is 12.0. The van der Waals surface area contributed by atoms with Crippen molar-refractivity contribution in [2.24, 2.45) is 93.0 Å². The highest BCUT2D eigenvalue weighted by Gasteiger charge is 2.65. The van der Waals surface area contributed by atoms with Crippen LogP contribution in [0.1, 0.15) is 216 Å². The number of aryl methyl sites for hydroxylation is 2. The van der Waals surface area contributed by atoms with E-state index in [4.69, 9.17) is 54.1 Å². The van der Waals surface area contributed by atoms with E-state index in [9.17, 15) is 64.3 Å². The Kier molecular flexibility index (Phi) is 26.8. The van der Waals surface area contributed by atoms with Crippen molar-refractivity contribution in [2.45, 2.75) is 276 Å². The molecule has 4 bridgehead atoms. The van der Waals surface area contributed by atoms with Crippen LogP contribution >= 0.6 is 12.4 Å². The third-order valence-electron chi connectivity index (χ3n) is 28.2. The summed E-state index contributed by atoms with van der Waals surface area (Å²) in [7, 11) is -4.49. The van der Waals surface area contributed by atoms with E-state index in [1.807, 2.05) is 83.5 Å². The SMILES string of the molecule is C.C=C[C@@H]1C[C@]1(CC(=O)[C@@H]1[C@H](C)[C@@H]2CN1C(=O)[C@H](C(C)(C)C)CC(=O)O[C@@H]1C[C@@H]3C[C@@H]3[C@H]1CCCCCc1nc3ccc(OC)cc3nc1O2)C(=O)NS(=O)(=O)C1CC1.CC1(S(=O)(=O)NC(=O)[C@@]2(N)C[C@H]2C(F)F)CC1.COc1ccc2nc3c(nc2c1)O[C@H]1CN(C(=O)[C@H](C(C)(C)C)CC(=O)O[C@@H]2C[C@@H]4C[C@@H]4[C@H]2CCCCC3)[C@H](C(=O)O)[C@@H]1C.Cl. The zero-order valence-electron chi connectivity index (χ0n) is 70.5. The number of hydrogen-bond donors (Lipinski definition) is 4. The summed E-state index contributed by atoms with van der Waals surface area (Å²) in [5.74, 6) is -3.93. The van der Waals surface area contributed by atoms with Gasteiger partial charge in [-0.15, -0.1) is 19.0 Å². The molecule has 0 unspecified atom stereocenters. The number of aliphatic carboxylic acids is 1. The minimum absolute atomic E-state index is 0. The molecule has 4 aromatic rings. The van der Waals surface area contributed by atoms with Crippen LogP contribution in [-0.2, 0) is 80.7 Å². The largest absolute Gasteiger partial charge is 0.497 e. The fourth-order valence-electron chi connectivity index (χ4n) is 19.7. The van der Waals surface area contributed by atoms with Crippen LogP contribution in [0, 0.1) is 87.3 Å². The van der Waals surface area contributed by atoms with Gasteiger partial charge in [-0.25, -0.2) is 50.3 Å². The molecule has 12 aliphatic rings. The van der Waals surface area contributed by atoms with Gasteiger partial charge < -0.3 is 49.1 Å². The highest BCUT2D eigenvalue weighted by Crippen LogP contribution is 2.61. The molecule has 8 saturated carbocycles. The van der Waals surface area contributed by atoms with Gasteiger partial charge >= 0.3 is 17.9 Å². The number of halogens is 3. The number of nitrogens with two attached hydrogens (primary N) is 1. The zero-order valence-corrected chi connectivity index (χ0v) is 73.0. The zero-order chi connectivity index (χ0) is 85.7. The van der Waals surface area contributed by atoms with E-state index in [0.29, 0.717) is 120 Å². The predicted octanol–water partition coefficient (Wildman–Crippen LogP) is 11.8. The van der Waals surface area contributed by atoms with Gasteiger partial charge in [-0.3, -0.25) is 43.0 Å². The minimum Gasteiger partial charge on any atom is -0.497 e. The lowest BCUT2D eigenvalue weighted by atomic mass is 9.77. The normalized spacial score (nSPS) is 33.1. The first-order valence-electron chi connectivity index (χ1n) is 42.7. The summed E-state index contributed by atoms with van der Waals surface area (Å²) in [6.45, 7) is 20.6. The highest BCUT2D eigenvalue weighted by molar-refractivity contribution is 7.91. The molecule has 2 aromatic heterocycles. The van der Waals surface area contributed by atoms with Gasteiger partial charge in [0.25, 0.3) is 5.91 Å². The van der Waals surface area contributed by atoms with Crippen LogP contribution in [0.25, 0.3) is 22.1 Å². The quantitative estimate of drug-likeness (QED) is 0.0673. The molecule has 666 valence electrons. The average molecular weight is 1750 g/mol. The first-order valence-corrected chi connectivity index (χ1v) is 45.7. The Bertz CT molecular complexity index is 4890. The summed E-state index contributed by atoms with van der Waals surface area (Å²) in [5.41, 5.74) is 5.22. The van der Waals surface area contributed by atoms with Crippen molar-refractivity contribution in [1.82, 2.24) is 39.2 Å². The van der Waals surface area contributed by atoms with Crippen LogP contribution in [0.15, 0.2) is 49.1 Å². The van der Waals surface area contributed by atoms with Crippen LogP contribution in [0.5, 0.6) is 23.3 Å². The molecule has 8 aliphatic carbocycles. The van der Waals surface area contributed by atoms with Crippen LogP contribution in [0.2, 0.25) is 0 Å². The minimum atomic E-state index is -3.87. The van der Waals surface area contributed by atoms with Gasteiger partial charge in [0.1, 0.15) is 58.9 Å². The summed E-state index contributed by atoms with van der Waals surface area (Å²) in [5, 5.41) is 9.68. The Labute approximate surface area is 714 Å². The lowest BCUT2D eigenvalue weighted by Gasteiger charge is -2.35. The smallest absolute Gasteiger partial charge is 0.326 e. The van der Waals surface area contributed by atoms with Crippen molar-refractivity contribution in [1.29, 1.82) is 0 Å². The number of Topliss-reactive ketones (excluding diaryl/α,β-unsaturated/α-hetero) is 1. The Morgan fingerprint density at radius 1 is 0.636 bits per heavy atom. The molecule has 16 rings (SSSR count). The first kappa shape index (κ1) is 92.2. The number of sulfonamides is 2. The van der Waals surface area contributed by atoms with Crippen molar-refractivity contribution >= 4 is 102 Å². The lowest BCUT2D eigenvalue weighted by molar-refractivity contribution is -0.160. The maximum absolute atomic E-state index is 15.0. The Morgan fingerprint density at radius 2 is 1.10 bits per heavy atom. The predicted molar refractivity (Wildman–Crippen MR) is 447 cm³/mol. The number of amides is 4. The molecule has 10 fully saturated rings. The number of carboxylic acid groups (broad SMARTS) is 1. The number of ether oxygens (including phenoxy) is 6. The molecule has 28 nitrogen and oxygen atoms in total. The van der Waals surface area contributed by atoms with Crippen LogP contribution in [0.3, 0.4) is 0 Å². The second kappa shape index (κ2) is 35.2. The topological polar surface area (TPSA) is 389 Å². The number of rotatable bonds is 14. The standard InChI is InChI=1S/C44H58N4O9S.C34H45N3O7.C9H14F2N2O3S.CH4.ClH/c1-7-26-21-44(26,42(52)47-58(53,54)28-14-15-28)22-35(49)39-24(2)37-23-48(39)41(51)31(43(3,4)5)20-38(50)56-36-18-25-17-30(25)29(36)11-9-8-10-12-33-40(57-37)46-34-19-27(55-6)13-16-32(34)45-33;1-18-28-17-37(30(18)33(40)41)32(39)23(34(2,3)4)16-29(38)43-27-14-19-13-22(19)21(27)9-7-6-8-10-25-31(44-28)36-26-15-20(42-5)11-12-24(26)35-25;1-8(2-3-8)17(15,16)13-7(14)9(12)4-5(9)6(10)11;;/h7,13,16,19,24-26,28-31,36-37,39H,1,8-12,14-15,17-18,20-23H2,2-6H3,(H,47,52);11-12,15,18-19,21-23,27-28,30H,6-10,13-14,16-17H2,1-5H3,(H,40,41);5-6H,2-4,12H2,1H3,(H,13,14);1H4;1H/t24-,25+,26-,29-,30+,31-,36-,37+,39+,44-;18-,19+,21-,22+,23-,27-,28+,30+;5-,9+;;/m110../s1. The number of hydrogen-bond acceptors (Lipinski definition) is 23. The maximum Gasteiger partial charge on any atom is 0.326 e. The van der Waals surface area contributed by atoms with Crippen molar-refractivity contribution in [2.75, 3.05) is 27.3 Å². The third kappa shape index (κ3) is 19.5. The summed E-state index contributed by atoms with van der Waals surface area (Å²) in [6, 6.07) is 8.93. The van der Waals surface area contributed by atoms with Crippen molar-refractivity contribution in [3.8, 4) is 23.3 Å². The number of fused-ring (bicyclic) bond motifs is 14. The maximum atomic E-state index is 15.0. The molecule has 2 aromatic carbocycles. The molecule has 4 aliphatic heterocycles. The number of carbonyl (C=O) groups is 8. The second-order valence-corrected chi connectivity index (χ2v) is 42.8. The van der Waals surface area contributed by atoms with E-state index < -0.39 is 142 Å². The number of methoxy groups -OCH3 is 2. The third-order valence-corrected chi connectivity index (χ3v) is 32.2. The lowest BCUT2D eigenvalue weighted by Crippen LogP contribution is -2.50. The first-order chi connectivity index (χ1) is 56.1. The molecule has 0 spiro atoms. The molecule has 5 N–H and O–H groups in total. The van der Waals surface area contributed by atoms with Gasteiger partial charge in [-0.05, 0) is 186 Å². The summed E-state index contributed by atoms with van der Waals surface area (Å²) >= 11 is 0. The average Bonchev–Trinajstić information content (AvgIpc) is 1.57. The fourth-order valence-corrected chi connectivity index (χ4v) is 22.4. The van der Waals surface area contributed by atoms with Crippen molar-refractivity contribution in [3.63, 3.8) is 0 Å². The Hall–Kier alpha value is -7.97. The Morgan fingerprint density at radius 3 is 1.50 bits per heavy atom. The molecule has 121 heavy (non-hydrogen) atoms. The van der Waals surface area contributed by atoms with Crippen LogP contribution in [0.4, 0.5) is 8.78 Å². The summed E-state index contributed by atoms with van der Waals surface area (Å²) < 4.78 is 113. The molecule has 33 heteroatoms. The van der Waals surface area contributed by atoms with E-state index in [-0.39, 0.29) is 101 Å². The van der Waals surface area contributed by atoms with Crippen molar-refractivity contribution < 1.29 is 97.5 Å². The number of aromatic nitrogens is 4. The van der Waals surface area contributed by atoms with Crippen LogP contribution < -0.4 is 34.1 Å². The number of benzene rings is 2. The van der Waals surface area contributed by atoms with E-state index in [1.54, 1.807) is 33.3 Å². The molecular formula is C88H122ClF2N9O19S2. The molecule has 2 saturated heterocycles. The number of ketones is 1. The van der Waals surface area contributed by atoms with Gasteiger partial charge in [0.15, 0.2) is 5.78 Å². The van der Waals surface area contributed by atoms with Gasteiger partial charge in [-0.2, -0.15) is 0 Å². The number of nitrogens with one attached hydrogen (secondary N) is 2.